The first kappa shape index (κ1) is 12.3. The second-order valence-electron chi connectivity index (χ2n) is 3.97. The van der Waals surface area contributed by atoms with Gasteiger partial charge in [-0.3, -0.25) is 4.57 Å². The first-order chi connectivity index (χ1) is 6.86. The molecule has 3 nitrogen and oxygen atoms in total. The van der Waals surface area contributed by atoms with Crippen LogP contribution in [0.1, 0.15) is 25.3 Å². The molecular formula is C11H17O3P. The molecule has 1 unspecified atom stereocenters. The van der Waals surface area contributed by atoms with Crippen LogP contribution < -0.4 is 10.0 Å². The van der Waals surface area contributed by atoms with Gasteiger partial charge in [-0.05, 0) is 23.6 Å². The first-order valence-corrected chi connectivity index (χ1v) is 6.95. The Balaban J connectivity index is 3.27. The highest BCUT2D eigenvalue weighted by atomic mass is 31.2. The Labute approximate surface area is 90.5 Å². The summed E-state index contributed by atoms with van der Waals surface area (Å²) in [6.07, 6.45) is 0. The van der Waals surface area contributed by atoms with Crippen molar-refractivity contribution in [2.75, 3.05) is 13.8 Å². The number of rotatable bonds is 3. The zero-order valence-corrected chi connectivity index (χ0v) is 10.4. The first-order valence-electron chi connectivity index (χ1n) is 4.85. The minimum absolute atomic E-state index is 0.378. The molecule has 0 heterocycles. The molecule has 0 aromatic heterocycles. The van der Waals surface area contributed by atoms with Crippen LogP contribution in [0.4, 0.5) is 0 Å². The molecule has 0 spiro atoms. The van der Waals surface area contributed by atoms with Gasteiger partial charge in [0.1, 0.15) is 5.75 Å². The van der Waals surface area contributed by atoms with Crippen LogP contribution in [-0.2, 0) is 4.57 Å². The van der Waals surface area contributed by atoms with E-state index < -0.39 is 7.37 Å². The molecule has 0 saturated heterocycles. The molecule has 0 aliphatic rings. The number of hydrogen-bond donors (Lipinski definition) is 1. The molecule has 4 heteroatoms. The van der Waals surface area contributed by atoms with E-state index in [-0.39, 0.29) is 0 Å². The van der Waals surface area contributed by atoms with Gasteiger partial charge in [-0.15, -0.1) is 0 Å². The van der Waals surface area contributed by atoms with Crippen molar-refractivity contribution < 1.29 is 14.2 Å². The van der Waals surface area contributed by atoms with Gasteiger partial charge in [0.25, 0.3) is 0 Å². The van der Waals surface area contributed by atoms with Crippen molar-refractivity contribution in [1.29, 1.82) is 0 Å². The molecule has 0 fully saturated rings. The zero-order valence-electron chi connectivity index (χ0n) is 9.52. The van der Waals surface area contributed by atoms with Crippen molar-refractivity contribution in [2.24, 2.45) is 0 Å². The number of benzene rings is 1. The summed E-state index contributed by atoms with van der Waals surface area (Å²) in [5.74, 6) is 0.873. The zero-order chi connectivity index (χ0) is 11.6. The van der Waals surface area contributed by atoms with E-state index in [9.17, 15) is 9.46 Å². The van der Waals surface area contributed by atoms with Crippen LogP contribution in [0.5, 0.6) is 5.75 Å². The van der Waals surface area contributed by atoms with Crippen molar-refractivity contribution in [3.63, 3.8) is 0 Å². The maximum absolute atomic E-state index is 11.6. The van der Waals surface area contributed by atoms with E-state index in [2.05, 4.69) is 13.8 Å². The average Bonchev–Trinajstić information content (AvgIpc) is 2.15. The lowest BCUT2D eigenvalue weighted by Gasteiger charge is -2.14. The normalized spacial score (nSPS) is 15.1. The van der Waals surface area contributed by atoms with Crippen molar-refractivity contribution in [3.8, 4) is 5.75 Å². The minimum Gasteiger partial charge on any atom is -0.496 e. The fourth-order valence-corrected chi connectivity index (χ4v) is 2.31. The van der Waals surface area contributed by atoms with E-state index in [1.165, 1.54) is 13.8 Å². The average molecular weight is 228 g/mol. The van der Waals surface area contributed by atoms with Gasteiger partial charge in [0.05, 0.1) is 12.4 Å². The summed E-state index contributed by atoms with van der Waals surface area (Å²) in [6, 6.07) is 5.37. The van der Waals surface area contributed by atoms with Crippen LogP contribution in [0.3, 0.4) is 0 Å². The quantitative estimate of drug-likeness (QED) is 0.808. The van der Waals surface area contributed by atoms with Crippen LogP contribution in [0, 0.1) is 0 Å². The van der Waals surface area contributed by atoms with Crippen LogP contribution in [0.15, 0.2) is 18.2 Å². The van der Waals surface area contributed by atoms with E-state index in [1.807, 2.05) is 12.1 Å². The Morgan fingerprint density at radius 2 is 2.00 bits per heavy atom. The third kappa shape index (κ3) is 2.83. The summed E-state index contributed by atoms with van der Waals surface area (Å²) in [5.41, 5.74) is 1.10. The van der Waals surface area contributed by atoms with Crippen molar-refractivity contribution in [3.05, 3.63) is 23.8 Å². The second-order valence-corrected chi connectivity index (χ2v) is 6.21. The Morgan fingerprint density at radius 3 is 2.40 bits per heavy atom. The Bertz CT molecular complexity index is 393. The third-order valence-electron chi connectivity index (χ3n) is 2.32. The number of methoxy groups -OCH3 is 1. The van der Waals surface area contributed by atoms with Crippen LogP contribution in [0.25, 0.3) is 0 Å². The molecule has 0 aliphatic carbocycles. The molecule has 84 valence electrons. The summed E-state index contributed by atoms with van der Waals surface area (Å²) in [6.45, 7) is 5.46. The van der Waals surface area contributed by atoms with Gasteiger partial charge in [0, 0.05) is 6.66 Å². The van der Waals surface area contributed by atoms with E-state index in [0.29, 0.717) is 17.0 Å². The molecule has 15 heavy (non-hydrogen) atoms. The summed E-state index contributed by atoms with van der Waals surface area (Å²) < 4.78 is 16.7. The van der Waals surface area contributed by atoms with Gasteiger partial charge in [-0.1, -0.05) is 19.9 Å². The SMILES string of the molecule is COc1cc(C(C)C)ccc1P(C)(=O)O. The highest BCUT2D eigenvalue weighted by molar-refractivity contribution is 7.65. The number of hydrogen-bond acceptors (Lipinski definition) is 2. The number of ether oxygens (including phenoxy) is 1. The van der Waals surface area contributed by atoms with Gasteiger partial charge >= 0.3 is 0 Å². The summed E-state index contributed by atoms with van der Waals surface area (Å²) >= 11 is 0. The van der Waals surface area contributed by atoms with Crippen LogP contribution in [-0.4, -0.2) is 18.7 Å². The fraction of sp³-hybridized carbons (Fsp3) is 0.455. The molecule has 0 amide bonds. The van der Waals surface area contributed by atoms with Crippen LogP contribution >= 0.6 is 7.37 Å². The Hall–Kier alpha value is -0.790. The highest BCUT2D eigenvalue weighted by Crippen LogP contribution is 2.38. The minimum atomic E-state index is -3.25. The smallest absolute Gasteiger partial charge is 0.230 e. The molecule has 1 N–H and O–H groups in total. The summed E-state index contributed by atoms with van der Waals surface area (Å²) in [7, 11) is -1.73. The van der Waals surface area contributed by atoms with Gasteiger partial charge < -0.3 is 9.63 Å². The summed E-state index contributed by atoms with van der Waals surface area (Å²) in [5, 5.41) is 0.384. The largest absolute Gasteiger partial charge is 0.496 e. The maximum Gasteiger partial charge on any atom is 0.230 e. The lowest BCUT2D eigenvalue weighted by atomic mass is 10.0. The van der Waals surface area contributed by atoms with Crippen molar-refractivity contribution in [2.45, 2.75) is 19.8 Å². The van der Waals surface area contributed by atoms with Gasteiger partial charge in [-0.25, -0.2) is 0 Å². The molecule has 1 aromatic carbocycles. The predicted molar refractivity (Wildman–Crippen MR) is 62.5 cm³/mol. The molecule has 0 radical (unpaired) electrons. The van der Waals surface area contributed by atoms with Crippen LogP contribution in [0.2, 0.25) is 0 Å². The molecule has 1 aromatic rings. The van der Waals surface area contributed by atoms with Gasteiger partial charge in [0.2, 0.25) is 7.37 Å². The third-order valence-corrected chi connectivity index (χ3v) is 3.58. The van der Waals surface area contributed by atoms with Crippen molar-refractivity contribution in [1.82, 2.24) is 0 Å². The lowest BCUT2D eigenvalue weighted by molar-refractivity contribution is 0.415. The Morgan fingerprint density at radius 1 is 1.40 bits per heavy atom. The maximum atomic E-state index is 11.6. The molecule has 0 bridgehead atoms. The van der Waals surface area contributed by atoms with Crippen molar-refractivity contribution >= 4 is 12.7 Å². The Kier molecular flexibility index (Phi) is 3.58. The van der Waals surface area contributed by atoms with E-state index >= 15 is 0 Å². The van der Waals surface area contributed by atoms with Gasteiger partial charge in [-0.2, -0.15) is 0 Å². The predicted octanol–water partition coefficient (Wildman–Crippen LogP) is 2.34. The monoisotopic (exact) mass is 228 g/mol. The second kappa shape index (κ2) is 4.38. The van der Waals surface area contributed by atoms with E-state index in [0.717, 1.165) is 5.56 Å². The fourth-order valence-electron chi connectivity index (χ4n) is 1.40. The van der Waals surface area contributed by atoms with E-state index in [1.54, 1.807) is 6.07 Å². The molecule has 0 saturated carbocycles. The summed E-state index contributed by atoms with van der Waals surface area (Å²) in [4.78, 5) is 9.51. The topological polar surface area (TPSA) is 46.5 Å². The highest BCUT2D eigenvalue weighted by Gasteiger charge is 2.19. The van der Waals surface area contributed by atoms with E-state index in [4.69, 9.17) is 4.74 Å². The molecule has 1 rings (SSSR count). The standard InChI is InChI=1S/C11H17O3P/c1-8(2)9-5-6-11(15(4,12)13)10(7-9)14-3/h5-8H,1-4H3,(H,12,13). The molecule has 0 aliphatic heterocycles. The molecule has 1 atom stereocenters. The lowest BCUT2D eigenvalue weighted by Crippen LogP contribution is -2.08. The van der Waals surface area contributed by atoms with Gasteiger partial charge in [0.15, 0.2) is 0 Å². The molecular weight excluding hydrogens is 211 g/mol.